The van der Waals surface area contributed by atoms with E-state index in [1.54, 1.807) is 0 Å². The van der Waals surface area contributed by atoms with Gasteiger partial charge in [-0.15, -0.1) is 0 Å². The highest BCUT2D eigenvalue weighted by Gasteiger charge is 2.04. The Hall–Kier alpha value is -1.24. The molecular formula is C31H59N3O2. The number of hydrogen-bond donors (Lipinski definition) is 4. The van der Waals surface area contributed by atoms with E-state index in [1.165, 1.54) is 38.5 Å². The third kappa shape index (κ3) is 27.3. The zero-order chi connectivity index (χ0) is 26.5. The summed E-state index contributed by atoms with van der Waals surface area (Å²) in [4.78, 5) is 2.27. The highest BCUT2D eigenvalue weighted by Crippen LogP contribution is 2.01. The van der Waals surface area contributed by atoms with E-state index >= 15 is 0 Å². The number of nitrogens with one attached hydrogen (secondary N) is 2. The second-order valence-corrected chi connectivity index (χ2v) is 9.82. The Labute approximate surface area is 223 Å². The first-order valence-corrected chi connectivity index (χ1v) is 14.7. The van der Waals surface area contributed by atoms with Crippen molar-refractivity contribution in [3.05, 3.63) is 48.6 Å². The quantitative estimate of drug-likeness (QED) is 0.0888. The van der Waals surface area contributed by atoms with Gasteiger partial charge in [0.2, 0.25) is 0 Å². The largest absolute Gasteiger partial charge is 0.392 e. The molecule has 0 aliphatic rings. The van der Waals surface area contributed by atoms with Crippen molar-refractivity contribution in [3.63, 3.8) is 0 Å². The van der Waals surface area contributed by atoms with E-state index in [2.05, 4.69) is 85.0 Å². The lowest BCUT2D eigenvalue weighted by Gasteiger charge is -2.19. The third-order valence-electron chi connectivity index (χ3n) is 6.09. The van der Waals surface area contributed by atoms with E-state index in [4.69, 9.17) is 0 Å². The number of aliphatic hydroxyl groups excluding tert-OH is 2. The minimum absolute atomic E-state index is 0.291. The number of likely N-dealkylation sites (N-methyl/N-ethyl adjacent to an activating group) is 1. The number of nitrogens with zero attached hydrogens (tertiary/aromatic N) is 1. The predicted molar refractivity (Wildman–Crippen MR) is 159 cm³/mol. The topological polar surface area (TPSA) is 67.8 Å². The Kier molecular flexibility index (Phi) is 27.4. The Balaban J connectivity index is 3.55. The molecule has 0 radical (unpaired) electrons. The van der Waals surface area contributed by atoms with Gasteiger partial charge in [0, 0.05) is 39.3 Å². The van der Waals surface area contributed by atoms with Gasteiger partial charge in [0.1, 0.15) is 0 Å². The van der Waals surface area contributed by atoms with Crippen LogP contribution in [0.2, 0.25) is 0 Å². The smallest absolute Gasteiger partial charge is 0.0667 e. The van der Waals surface area contributed by atoms with E-state index in [0.29, 0.717) is 13.1 Å². The molecule has 0 heterocycles. The van der Waals surface area contributed by atoms with Crippen molar-refractivity contribution in [1.29, 1.82) is 0 Å². The molecule has 0 aliphatic carbocycles. The molecule has 0 amide bonds. The molecule has 0 aromatic carbocycles. The molecule has 0 fully saturated rings. The van der Waals surface area contributed by atoms with Gasteiger partial charge in [-0.1, -0.05) is 88.1 Å². The molecular weight excluding hydrogens is 446 g/mol. The maximum absolute atomic E-state index is 10.1. The molecule has 4 N–H and O–H groups in total. The van der Waals surface area contributed by atoms with Crippen LogP contribution in [0.25, 0.3) is 0 Å². The molecule has 0 saturated heterocycles. The first-order valence-electron chi connectivity index (χ1n) is 14.7. The first kappa shape index (κ1) is 34.8. The molecule has 5 heteroatoms. The summed E-state index contributed by atoms with van der Waals surface area (Å²) >= 11 is 0. The van der Waals surface area contributed by atoms with Crippen molar-refractivity contribution in [2.24, 2.45) is 0 Å². The van der Waals surface area contributed by atoms with E-state index in [9.17, 15) is 10.2 Å². The lowest BCUT2D eigenvalue weighted by atomic mass is 10.1. The van der Waals surface area contributed by atoms with Crippen LogP contribution in [0.3, 0.4) is 0 Å². The molecule has 0 rings (SSSR count). The van der Waals surface area contributed by atoms with Crippen molar-refractivity contribution in [2.75, 3.05) is 46.3 Å². The van der Waals surface area contributed by atoms with Crippen LogP contribution in [-0.4, -0.2) is 73.6 Å². The Morgan fingerprint density at radius 3 is 1.39 bits per heavy atom. The molecule has 0 saturated carbocycles. The van der Waals surface area contributed by atoms with Gasteiger partial charge >= 0.3 is 0 Å². The summed E-state index contributed by atoms with van der Waals surface area (Å²) in [7, 11) is 2.11. The molecule has 0 aromatic rings. The normalized spacial score (nSPS) is 14.4. The van der Waals surface area contributed by atoms with Crippen LogP contribution in [0.5, 0.6) is 0 Å². The number of aliphatic hydroxyl groups is 2. The molecule has 36 heavy (non-hydrogen) atoms. The van der Waals surface area contributed by atoms with E-state index < -0.39 is 0 Å². The number of hydrogen-bond acceptors (Lipinski definition) is 5. The highest BCUT2D eigenvalue weighted by atomic mass is 16.3. The Morgan fingerprint density at radius 2 is 1.00 bits per heavy atom. The average molecular weight is 506 g/mol. The fraction of sp³-hybridized carbons (Fsp3) is 0.742. The summed E-state index contributed by atoms with van der Waals surface area (Å²) < 4.78 is 0. The summed E-state index contributed by atoms with van der Waals surface area (Å²) in [5.41, 5.74) is 0. The summed E-state index contributed by atoms with van der Waals surface area (Å²) in [5, 5.41) is 27.0. The van der Waals surface area contributed by atoms with Crippen LogP contribution in [0.1, 0.15) is 90.9 Å². The zero-order valence-corrected chi connectivity index (χ0v) is 23.8. The van der Waals surface area contributed by atoms with Crippen molar-refractivity contribution in [1.82, 2.24) is 15.5 Å². The van der Waals surface area contributed by atoms with E-state index in [1.807, 2.05) is 0 Å². The fourth-order valence-corrected chi connectivity index (χ4v) is 3.63. The molecule has 0 bridgehead atoms. The fourth-order valence-electron chi connectivity index (χ4n) is 3.63. The second-order valence-electron chi connectivity index (χ2n) is 9.82. The molecule has 5 nitrogen and oxygen atoms in total. The molecule has 2 unspecified atom stereocenters. The summed E-state index contributed by atoms with van der Waals surface area (Å²) in [6, 6.07) is 0. The Morgan fingerprint density at radius 1 is 0.611 bits per heavy atom. The number of rotatable bonds is 26. The van der Waals surface area contributed by atoms with Gasteiger partial charge in [0.15, 0.2) is 0 Å². The molecule has 0 spiro atoms. The lowest BCUT2D eigenvalue weighted by molar-refractivity contribution is 0.159. The van der Waals surface area contributed by atoms with Gasteiger partial charge in [-0.3, -0.25) is 0 Å². The lowest BCUT2D eigenvalue weighted by Crippen LogP contribution is -2.38. The van der Waals surface area contributed by atoms with Crippen molar-refractivity contribution >= 4 is 0 Å². The minimum Gasteiger partial charge on any atom is -0.392 e. The average Bonchev–Trinajstić information content (AvgIpc) is 2.87. The van der Waals surface area contributed by atoms with E-state index in [-0.39, 0.29) is 12.2 Å². The summed E-state index contributed by atoms with van der Waals surface area (Å²) in [5.74, 6) is 0. The van der Waals surface area contributed by atoms with Gasteiger partial charge in [-0.25, -0.2) is 0 Å². The van der Waals surface area contributed by atoms with Gasteiger partial charge < -0.3 is 25.7 Å². The van der Waals surface area contributed by atoms with Crippen LogP contribution in [0.15, 0.2) is 48.6 Å². The van der Waals surface area contributed by atoms with Crippen LogP contribution in [0, 0.1) is 0 Å². The SMILES string of the molecule is CCCC/C=C\C/C=C\CCC(O)CNCCN(C)CCNCC(O)CC/C=C\C/C=C\CCCC. The van der Waals surface area contributed by atoms with Crippen molar-refractivity contribution in [2.45, 2.75) is 103 Å². The van der Waals surface area contributed by atoms with Crippen LogP contribution >= 0.6 is 0 Å². The molecule has 0 aliphatic heterocycles. The highest BCUT2D eigenvalue weighted by molar-refractivity contribution is 4.93. The molecule has 0 aromatic heterocycles. The predicted octanol–water partition coefficient (Wildman–Crippen LogP) is 5.77. The maximum Gasteiger partial charge on any atom is 0.0667 e. The summed E-state index contributed by atoms with van der Waals surface area (Å²) in [6.07, 6.45) is 30.0. The van der Waals surface area contributed by atoms with Gasteiger partial charge in [0.25, 0.3) is 0 Å². The third-order valence-corrected chi connectivity index (χ3v) is 6.09. The van der Waals surface area contributed by atoms with Crippen molar-refractivity contribution < 1.29 is 10.2 Å². The van der Waals surface area contributed by atoms with Crippen LogP contribution in [-0.2, 0) is 0 Å². The van der Waals surface area contributed by atoms with E-state index in [0.717, 1.165) is 64.7 Å². The minimum atomic E-state index is -0.291. The van der Waals surface area contributed by atoms with Gasteiger partial charge in [-0.05, 0) is 58.4 Å². The Bertz CT molecular complexity index is 512. The second kappa shape index (κ2) is 28.3. The first-order chi connectivity index (χ1) is 17.6. The molecule has 2 atom stereocenters. The maximum atomic E-state index is 10.1. The van der Waals surface area contributed by atoms with Crippen LogP contribution in [0.4, 0.5) is 0 Å². The standard InChI is InChI=1S/C31H59N3O2/c1-4-6-8-10-12-14-16-18-20-22-30(35)28-32-24-26-34(3)27-25-33-29-31(36)23-21-19-17-15-13-11-9-7-5-2/h10-13,16-19,30-33,35-36H,4-9,14-15,20-29H2,1-3H3/b12-10-,13-11-,18-16-,19-17-. The zero-order valence-electron chi connectivity index (χ0n) is 23.8. The molecule has 210 valence electrons. The van der Waals surface area contributed by atoms with Crippen LogP contribution < -0.4 is 10.6 Å². The van der Waals surface area contributed by atoms with Crippen molar-refractivity contribution in [3.8, 4) is 0 Å². The number of unbranched alkanes of at least 4 members (excludes halogenated alkanes) is 4. The number of allylic oxidation sites excluding steroid dienone is 8. The van der Waals surface area contributed by atoms with Gasteiger partial charge in [0.05, 0.1) is 12.2 Å². The summed E-state index contributed by atoms with van der Waals surface area (Å²) in [6.45, 7) is 9.35. The van der Waals surface area contributed by atoms with Gasteiger partial charge in [-0.2, -0.15) is 0 Å². The monoisotopic (exact) mass is 505 g/mol.